The Morgan fingerprint density at radius 3 is 2.26 bits per heavy atom. The van der Waals surface area contributed by atoms with Crippen LogP contribution in [0.4, 0.5) is 5.82 Å². The minimum absolute atomic E-state index is 0.0697. The summed E-state index contributed by atoms with van der Waals surface area (Å²) >= 11 is 0. The second kappa shape index (κ2) is 9.44. The van der Waals surface area contributed by atoms with Crippen molar-refractivity contribution in [1.29, 1.82) is 0 Å². The lowest BCUT2D eigenvalue weighted by molar-refractivity contribution is 0.0733. The highest BCUT2D eigenvalue weighted by Crippen LogP contribution is 2.32. The van der Waals surface area contributed by atoms with E-state index in [4.69, 9.17) is 9.97 Å². The molecule has 182 valence electrons. The number of rotatable bonds is 3. The lowest BCUT2D eigenvalue weighted by Crippen LogP contribution is -2.40. The summed E-state index contributed by atoms with van der Waals surface area (Å²) in [6.07, 6.45) is 3.09. The summed E-state index contributed by atoms with van der Waals surface area (Å²) in [5, 5.41) is 0. The summed E-state index contributed by atoms with van der Waals surface area (Å²) in [7, 11) is 0. The molecule has 3 aromatic rings. The van der Waals surface area contributed by atoms with Crippen molar-refractivity contribution in [3.05, 3.63) is 77.0 Å². The first-order valence-electron chi connectivity index (χ1n) is 12.9. The fourth-order valence-electron chi connectivity index (χ4n) is 5.06. The molecule has 1 saturated heterocycles. The number of benzene rings is 2. The number of anilines is 1. The van der Waals surface area contributed by atoms with E-state index < -0.39 is 0 Å². The number of carbonyl (C=O) groups excluding carboxylic acids is 1. The largest absolute Gasteiger partial charge is 0.356 e. The molecule has 1 amide bonds. The lowest BCUT2D eigenvalue weighted by Gasteiger charge is -2.36. The average Bonchev–Trinajstić information content (AvgIpc) is 2.88. The van der Waals surface area contributed by atoms with Gasteiger partial charge in [0.25, 0.3) is 5.91 Å². The monoisotopic (exact) mass is 468 g/mol. The van der Waals surface area contributed by atoms with Gasteiger partial charge in [0.05, 0.1) is 12.2 Å². The van der Waals surface area contributed by atoms with E-state index in [1.165, 1.54) is 18.4 Å². The van der Waals surface area contributed by atoms with Gasteiger partial charge in [-0.15, -0.1) is 0 Å². The van der Waals surface area contributed by atoms with E-state index in [1.54, 1.807) is 0 Å². The van der Waals surface area contributed by atoms with E-state index in [-0.39, 0.29) is 11.3 Å². The first-order chi connectivity index (χ1) is 16.8. The predicted molar refractivity (Wildman–Crippen MR) is 142 cm³/mol. The molecule has 3 heterocycles. The summed E-state index contributed by atoms with van der Waals surface area (Å²) in [4.78, 5) is 27.9. The molecular weight excluding hydrogens is 432 g/mol. The van der Waals surface area contributed by atoms with Crippen LogP contribution in [0, 0.1) is 5.92 Å². The molecule has 5 nitrogen and oxygen atoms in total. The number of piperidine rings is 1. The highest BCUT2D eigenvalue weighted by atomic mass is 16.2. The van der Waals surface area contributed by atoms with Gasteiger partial charge in [-0.25, -0.2) is 9.97 Å². The van der Waals surface area contributed by atoms with Crippen LogP contribution in [0.3, 0.4) is 0 Å². The van der Waals surface area contributed by atoms with E-state index in [0.717, 1.165) is 59.5 Å². The molecular formula is C30H36N4O. The minimum atomic E-state index is 0.0697. The van der Waals surface area contributed by atoms with E-state index in [9.17, 15) is 4.79 Å². The first-order valence-corrected chi connectivity index (χ1v) is 12.9. The molecule has 0 N–H and O–H groups in total. The van der Waals surface area contributed by atoms with Crippen LogP contribution in [0.25, 0.3) is 11.4 Å². The number of fused-ring (bicyclic) bond motifs is 1. The summed E-state index contributed by atoms with van der Waals surface area (Å²) in [6.45, 7) is 12.1. The fraction of sp³-hybridized carbons (Fsp3) is 0.433. The van der Waals surface area contributed by atoms with Gasteiger partial charge >= 0.3 is 0 Å². The number of aromatic nitrogens is 2. The standard InChI is InChI=1S/C30H36N4O/c1-21-14-17-33(18-15-21)28-25-20-34(29(35)23-10-12-24(13-11-23)30(2,3)4)19-16-26(25)31-27(32-28)22-8-6-5-7-9-22/h5-13,21H,14-20H2,1-4H3. The van der Waals surface area contributed by atoms with Crippen molar-refractivity contribution >= 4 is 11.7 Å². The van der Waals surface area contributed by atoms with Gasteiger partial charge in [-0.2, -0.15) is 0 Å². The normalized spacial score (nSPS) is 16.8. The van der Waals surface area contributed by atoms with Gasteiger partial charge in [0.1, 0.15) is 5.82 Å². The number of hydrogen-bond acceptors (Lipinski definition) is 4. The third kappa shape index (κ3) is 4.95. The van der Waals surface area contributed by atoms with E-state index in [0.29, 0.717) is 13.1 Å². The SMILES string of the molecule is CC1CCN(c2nc(-c3ccccc3)nc3c2CN(C(=O)c2ccc(C(C)(C)C)cc2)CC3)CC1. The first kappa shape index (κ1) is 23.5. The van der Waals surface area contributed by atoms with Gasteiger partial charge in [0.15, 0.2) is 5.82 Å². The van der Waals surface area contributed by atoms with Gasteiger partial charge in [0.2, 0.25) is 0 Å². The van der Waals surface area contributed by atoms with E-state index in [2.05, 4.69) is 56.9 Å². The van der Waals surface area contributed by atoms with Crippen molar-refractivity contribution < 1.29 is 4.79 Å². The Morgan fingerprint density at radius 1 is 0.914 bits per heavy atom. The second-order valence-electron chi connectivity index (χ2n) is 11.1. The summed E-state index contributed by atoms with van der Waals surface area (Å²) in [6, 6.07) is 18.3. The zero-order valence-electron chi connectivity index (χ0n) is 21.4. The molecule has 2 aromatic carbocycles. The van der Waals surface area contributed by atoms with Crippen molar-refractivity contribution in [2.24, 2.45) is 5.92 Å². The Balaban J connectivity index is 1.46. The second-order valence-corrected chi connectivity index (χ2v) is 11.1. The summed E-state index contributed by atoms with van der Waals surface area (Å²) < 4.78 is 0. The van der Waals surface area contributed by atoms with Crippen LogP contribution < -0.4 is 4.90 Å². The Hall–Kier alpha value is -3.21. The molecule has 5 heteroatoms. The molecule has 5 rings (SSSR count). The molecule has 35 heavy (non-hydrogen) atoms. The molecule has 2 aliphatic rings. The van der Waals surface area contributed by atoms with Crippen LogP contribution >= 0.6 is 0 Å². The average molecular weight is 469 g/mol. The van der Waals surface area contributed by atoms with Gasteiger partial charge in [0, 0.05) is 42.7 Å². The topological polar surface area (TPSA) is 49.3 Å². The van der Waals surface area contributed by atoms with Gasteiger partial charge < -0.3 is 9.80 Å². The smallest absolute Gasteiger partial charge is 0.254 e. The Kier molecular flexibility index (Phi) is 6.35. The van der Waals surface area contributed by atoms with E-state index in [1.807, 2.05) is 35.2 Å². The van der Waals surface area contributed by atoms with Crippen molar-refractivity contribution in [3.63, 3.8) is 0 Å². The fourth-order valence-corrected chi connectivity index (χ4v) is 5.06. The Labute approximate surface area is 209 Å². The number of hydrogen-bond donors (Lipinski definition) is 0. The zero-order valence-corrected chi connectivity index (χ0v) is 21.4. The Morgan fingerprint density at radius 2 is 1.60 bits per heavy atom. The number of nitrogens with zero attached hydrogens (tertiary/aromatic N) is 4. The van der Waals surface area contributed by atoms with Crippen LogP contribution in [0.2, 0.25) is 0 Å². The molecule has 0 bridgehead atoms. The van der Waals surface area contributed by atoms with E-state index >= 15 is 0 Å². The van der Waals surface area contributed by atoms with Crippen molar-refractivity contribution in [3.8, 4) is 11.4 Å². The lowest BCUT2D eigenvalue weighted by atomic mass is 9.86. The molecule has 0 aliphatic carbocycles. The van der Waals surface area contributed by atoms with Crippen LogP contribution in [-0.4, -0.2) is 40.4 Å². The quantitative estimate of drug-likeness (QED) is 0.482. The van der Waals surface area contributed by atoms with Crippen LogP contribution in [0.15, 0.2) is 54.6 Å². The molecule has 0 spiro atoms. The number of carbonyl (C=O) groups is 1. The molecule has 1 fully saturated rings. The summed E-state index contributed by atoms with van der Waals surface area (Å²) in [5.41, 5.74) is 5.29. The highest BCUT2D eigenvalue weighted by Gasteiger charge is 2.29. The van der Waals surface area contributed by atoms with Crippen molar-refractivity contribution in [1.82, 2.24) is 14.9 Å². The predicted octanol–water partition coefficient (Wildman–Crippen LogP) is 5.88. The minimum Gasteiger partial charge on any atom is -0.356 e. The molecule has 0 saturated carbocycles. The van der Waals surface area contributed by atoms with Crippen molar-refractivity contribution in [2.75, 3.05) is 24.5 Å². The number of amides is 1. The highest BCUT2D eigenvalue weighted by molar-refractivity contribution is 5.94. The van der Waals surface area contributed by atoms with Gasteiger partial charge in [-0.1, -0.05) is 70.2 Å². The van der Waals surface area contributed by atoms with Crippen LogP contribution in [-0.2, 0) is 18.4 Å². The van der Waals surface area contributed by atoms with Crippen LogP contribution in [0.1, 0.15) is 67.7 Å². The molecule has 1 aromatic heterocycles. The molecule has 0 radical (unpaired) electrons. The van der Waals surface area contributed by atoms with Gasteiger partial charge in [-0.3, -0.25) is 4.79 Å². The molecule has 0 unspecified atom stereocenters. The summed E-state index contributed by atoms with van der Waals surface area (Å²) in [5.74, 6) is 2.63. The zero-order chi connectivity index (χ0) is 24.6. The third-order valence-electron chi connectivity index (χ3n) is 7.44. The maximum Gasteiger partial charge on any atom is 0.254 e. The third-order valence-corrected chi connectivity index (χ3v) is 7.44. The molecule has 0 atom stereocenters. The maximum atomic E-state index is 13.5. The Bertz CT molecular complexity index is 1190. The van der Waals surface area contributed by atoms with Crippen LogP contribution in [0.5, 0.6) is 0 Å². The van der Waals surface area contributed by atoms with Crippen molar-refractivity contribution in [2.45, 2.75) is 58.9 Å². The van der Waals surface area contributed by atoms with Gasteiger partial charge in [-0.05, 0) is 41.9 Å². The maximum absolute atomic E-state index is 13.5. The molecule has 2 aliphatic heterocycles.